The van der Waals surface area contributed by atoms with E-state index in [1.165, 1.54) is 185 Å². The lowest BCUT2D eigenvalue weighted by Gasteiger charge is -2.11. The molecule has 1 rings (SSSR count). The number of unbranched alkanes of at least 4 members (excludes halogenated alkanes) is 28. The maximum atomic E-state index is 6.09. The molecule has 0 saturated heterocycles. The van der Waals surface area contributed by atoms with Crippen LogP contribution in [0.25, 0.3) is 0 Å². The fourth-order valence-corrected chi connectivity index (χ4v) is 6.21. The maximum absolute atomic E-state index is 6.09. The van der Waals surface area contributed by atoms with Crippen LogP contribution in [0.1, 0.15) is 212 Å². The molecule has 0 atom stereocenters. The topological polar surface area (TPSA) is 18.5 Å². The van der Waals surface area contributed by atoms with Crippen LogP contribution in [0.3, 0.4) is 0 Å². The van der Waals surface area contributed by atoms with Crippen LogP contribution in [0.15, 0.2) is 18.2 Å². The molecule has 0 radical (unpaired) electrons. The molecule has 0 aromatic heterocycles. The van der Waals surface area contributed by atoms with Crippen LogP contribution in [0.4, 0.5) is 0 Å². The SMILES string of the molecule is CCCCCCCCCCCCCCCCCOc1cc(C)cc(OCCCCCCCCCCCCCCCCC)c1. The van der Waals surface area contributed by atoms with E-state index in [9.17, 15) is 0 Å². The summed E-state index contributed by atoms with van der Waals surface area (Å²) < 4.78 is 12.2. The summed E-state index contributed by atoms with van der Waals surface area (Å²) in [6, 6.07) is 6.38. The van der Waals surface area contributed by atoms with Crippen molar-refractivity contribution in [1.29, 1.82) is 0 Å². The van der Waals surface area contributed by atoms with Crippen LogP contribution in [-0.4, -0.2) is 13.2 Å². The van der Waals surface area contributed by atoms with Crippen molar-refractivity contribution in [2.75, 3.05) is 13.2 Å². The van der Waals surface area contributed by atoms with Crippen LogP contribution in [0, 0.1) is 6.92 Å². The van der Waals surface area contributed by atoms with Gasteiger partial charge in [-0.05, 0) is 37.5 Å². The standard InChI is InChI=1S/C41H76O2/c1-4-6-8-10-12-14-16-18-20-22-24-26-28-30-32-34-42-40-36-39(3)37-41(38-40)43-35-33-31-29-27-25-23-21-19-17-15-13-11-9-7-5-2/h36-38H,4-35H2,1-3H3. The molecule has 0 aliphatic carbocycles. The number of hydrogen-bond acceptors (Lipinski definition) is 2. The average Bonchev–Trinajstić information content (AvgIpc) is 3.00. The Labute approximate surface area is 270 Å². The predicted molar refractivity (Wildman–Crippen MR) is 192 cm³/mol. The second-order valence-electron chi connectivity index (χ2n) is 13.6. The molecule has 2 heteroatoms. The molecule has 43 heavy (non-hydrogen) atoms. The molecule has 0 fully saturated rings. The molecule has 0 unspecified atom stereocenters. The summed E-state index contributed by atoms with van der Waals surface area (Å²) in [5.74, 6) is 1.94. The minimum atomic E-state index is 0.820. The Kier molecular flexibility index (Phi) is 29.9. The highest BCUT2D eigenvalue weighted by Crippen LogP contribution is 2.24. The van der Waals surface area contributed by atoms with Crippen molar-refractivity contribution in [3.8, 4) is 11.5 Å². The van der Waals surface area contributed by atoms with Gasteiger partial charge >= 0.3 is 0 Å². The smallest absolute Gasteiger partial charge is 0.123 e. The molecule has 0 saturated carbocycles. The van der Waals surface area contributed by atoms with E-state index >= 15 is 0 Å². The molecular formula is C41H76O2. The summed E-state index contributed by atoms with van der Waals surface area (Å²) in [5.41, 5.74) is 1.22. The minimum Gasteiger partial charge on any atom is -0.493 e. The van der Waals surface area contributed by atoms with Gasteiger partial charge in [-0.2, -0.15) is 0 Å². The second-order valence-corrected chi connectivity index (χ2v) is 13.6. The Bertz CT molecular complexity index is 630. The Morgan fingerprint density at radius 3 is 0.814 bits per heavy atom. The molecule has 1 aromatic rings. The summed E-state index contributed by atoms with van der Waals surface area (Å²) in [6.45, 7) is 8.37. The third-order valence-corrected chi connectivity index (χ3v) is 9.06. The first-order chi connectivity index (χ1) is 21.3. The Balaban J connectivity index is 1.91. The molecule has 2 nitrogen and oxygen atoms in total. The molecule has 0 aliphatic heterocycles. The lowest BCUT2D eigenvalue weighted by molar-refractivity contribution is 0.289. The first-order valence-electron chi connectivity index (χ1n) is 19.6. The van der Waals surface area contributed by atoms with Crippen molar-refractivity contribution in [3.63, 3.8) is 0 Å². The summed E-state index contributed by atoms with van der Waals surface area (Å²) >= 11 is 0. The van der Waals surface area contributed by atoms with Gasteiger partial charge in [0.15, 0.2) is 0 Å². The molecule has 0 spiro atoms. The third kappa shape index (κ3) is 28.1. The van der Waals surface area contributed by atoms with Gasteiger partial charge in [-0.3, -0.25) is 0 Å². The number of benzene rings is 1. The molecule has 0 N–H and O–H groups in total. The van der Waals surface area contributed by atoms with Crippen LogP contribution in [-0.2, 0) is 0 Å². The molecule has 0 heterocycles. The molecule has 0 amide bonds. The third-order valence-electron chi connectivity index (χ3n) is 9.06. The highest BCUT2D eigenvalue weighted by Gasteiger charge is 2.02. The monoisotopic (exact) mass is 601 g/mol. The van der Waals surface area contributed by atoms with Gasteiger partial charge in [-0.15, -0.1) is 0 Å². The van der Waals surface area contributed by atoms with E-state index in [-0.39, 0.29) is 0 Å². The molecule has 252 valence electrons. The Hall–Kier alpha value is -1.18. The zero-order valence-electron chi connectivity index (χ0n) is 29.7. The van der Waals surface area contributed by atoms with Gasteiger partial charge < -0.3 is 9.47 Å². The number of ether oxygens (including phenoxy) is 2. The quantitative estimate of drug-likeness (QED) is 0.0732. The van der Waals surface area contributed by atoms with Crippen LogP contribution < -0.4 is 9.47 Å². The fourth-order valence-electron chi connectivity index (χ4n) is 6.21. The predicted octanol–water partition coefficient (Wildman–Crippen LogP) is 14.5. The van der Waals surface area contributed by atoms with Crippen molar-refractivity contribution in [2.45, 2.75) is 213 Å². The molecule has 1 aromatic carbocycles. The van der Waals surface area contributed by atoms with Crippen molar-refractivity contribution in [3.05, 3.63) is 23.8 Å². The first kappa shape index (κ1) is 39.8. The van der Waals surface area contributed by atoms with E-state index in [1.807, 2.05) is 0 Å². The second kappa shape index (κ2) is 32.2. The van der Waals surface area contributed by atoms with E-state index in [0.717, 1.165) is 37.6 Å². The number of aryl methyl sites for hydroxylation is 1. The average molecular weight is 601 g/mol. The summed E-state index contributed by atoms with van der Waals surface area (Å²) in [5, 5.41) is 0. The van der Waals surface area contributed by atoms with E-state index in [1.54, 1.807) is 0 Å². The van der Waals surface area contributed by atoms with Crippen LogP contribution >= 0.6 is 0 Å². The van der Waals surface area contributed by atoms with Gasteiger partial charge in [0.2, 0.25) is 0 Å². The lowest BCUT2D eigenvalue weighted by Crippen LogP contribution is -2.00. The first-order valence-corrected chi connectivity index (χ1v) is 19.6. The van der Waals surface area contributed by atoms with E-state index in [4.69, 9.17) is 9.47 Å². The van der Waals surface area contributed by atoms with Crippen LogP contribution in [0.5, 0.6) is 11.5 Å². The van der Waals surface area contributed by atoms with Crippen LogP contribution in [0.2, 0.25) is 0 Å². The zero-order chi connectivity index (χ0) is 30.9. The van der Waals surface area contributed by atoms with E-state index < -0.39 is 0 Å². The lowest BCUT2D eigenvalue weighted by atomic mass is 10.0. The minimum absolute atomic E-state index is 0.820. The fraction of sp³-hybridized carbons (Fsp3) is 0.854. The van der Waals surface area contributed by atoms with Gasteiger partial charge in [0.25, 0.3) is 0 Å². The van der Waals surface area contributed by atoms with Crippen molar-refractivity contribution >= 4 is 0 Å². The maximum Gasteiger partial charge on any atom is 0.123 e. The van der Waals surface area contributed by atoms with Crippen molar-refractivity contribution in [1.82, 2.24) is 0 Å². The Morgan fingerprint density at radius 2 is 0.558 bits per heavy atom. The highest BCUT2D eigenvalue weighted by molar-refractivity contribution is 5.37. The van der Waals surface area contributed by atoms with E-state index in [0.29, 0.717) is 0 Å². The number of hydrogen-bond donors (Lipinski definition) is 0. The summed E-state index contributed by atoms with van der Waals surface area (Å²) in [6.07, 6.45) is 41.9. The zero-order valence-corrected chi connectivity index (χ0v) is 29.7. The van der Waals surface area contributed by atoms with Crippen molar-refractivity contribution < 1.29 is 9.47 Å². The largest absolute Gasteiger partial charge is 0.493 e. The van der Waals surface area contributed by atoms with Gasteiger partial charge in [0, 0.05) is 6.07 Å². The molecular weight excluding hydrogens is 524 g/mol. The van der Waals surface area contributed by atoms with Gasteiger partial charge in [0.1, 0.15) is 11.5 Å². The molecule has 0 bridgehead atoms. The summed E-state index contributed by atoms with van der Waals surface area (Å²) in [7, 11) is 0. The normalized spacial score (nSPS) is 11.3. The van der Waals surface area contributed by atoms with Gasteiger partial charge in [-0.25, -0.2) is 0 Å². The number of rotatable bonds is 34. The molecule has 0 aliphatic rings. The van der Waals surface area contributed by atoms with Gasteiger partial charge in [-0.1, -0.05) is 194 Å². The summed E-state index contributed by atoms with van der Waals surface area (Å²) in [4.78, 5) is 0. The van der Waals surface area contributed by atoms with E-state index in [2.05, 4.69) is 39.0 Å². The van der Waals surface area contributed by atoms with Crippen molar-refractivity contribution in [2.24, 2.45) is 0 Å². The Morgan fingerprint density at radius 1 is 0.326 bits per heavy atom. The van der Waals surface area contributed by atoms with Gasteiger partial charge in [0.05, 0.1) is 13.2 Å². The highest BCUT2D eigenvalue weighted by atomic mass is 16.5.